The van der Waals surface area contributed by atoms with E-state index in [1.807, 2.05) is 0 Å². The van der Waals surface area contributed by atoms with Crippen LogP contribution in [-0.4, -0.2) is 37.2 Å². The van der Waals surface area contributed by atoms with Gasteiger partial charge in [0.05, 0.1) is 13.7 Å². The number of nitrogens with zero attached hydrogens (tertiary/aromatic N) is 1. The van der Waals surface area contributed by atoms with Gasteiger partial charge in [0, 0.05) is 30.6 Å². The van der Waals surface area contributed by atoms with Crippen molar-refractivity contribution in [2.24, 2.45) is 0 Å². The number of benzene rings is 3. The van der Waals surface area contributed by atoms with E-state index < -0.39 is 0 Å². The highest BCUT2D eigenvalue weighted by Crippen LogP contribution is 2.41. The van der Waals surface area contributed by atoms with Gasteiger partial charge in [0.1, 0.15) is 18.1 Å². The number of carbonyl (C=O) groups is 1. The van der Waals surface area contributed by atoms with Crippen LogP contribution in [0.3, 0.4) is 0 Å². The van der Waals surface area contributed by atoms with Crippen LogP contribution in [0.5, 0.6) is 11.5 Å². The highest BCUT2D eigenvalue weighted by molar-refractivity contribution is 5.69. The summed E-state index contributed by atoms with van der Waals surface area (Å²) in [5.74, 6) is 1.75. The zero-order valence-electron chi connectivity index (χ0n) is 25.0. The lowest BCUT2D eigenvalue weighted by Crippen LogP contribution is -2.37. The van der Waals surface area contributed by atoms with E-state index in [-0.39, 0.29) is 5.97 Å². The Morgan fingerprint density at radius 3 is 2.56 bits per heavy atom. The maximum absolute atomic E-state index is 11.6. The molecule has 41 heavy (non-hydrogen) atoms. The molecule has 1 saturated heterocycles. The van der Waals surface area contributed by atoms with Crippen molar-refractivity contribution in [1.82, 2.24) is 4.90 Å². The molecule has 218 valence electrons. The first-order valence-corrected chi connectivity index (χ1v) is 15.4. The summed E-state index contributed by atoms with van der Waals surface area (Å²) in [5, 5.41) is 0. The lowest BCUT2D eigenvalue weighted by Gasteiger charge is -2.34. The molecule has 0 radical (unpaired) electrons. The van der Waals surface area contributed by atoms with Crippen molar-refractivity contribution in [3.05, 3.63) is 82.4 Å². The van der Waals surface area contributed by atoms with Crippen LogP contribution in [0.15, 0.2) is 54.6 Å². The molecule has 0 N–H and O–H groups in total. The molecule has 1 atom stereocenters. The van der Waals surface area contributed by atoms with E-state index in [4.69, 9.17) is 14.2 Å². The predicted molar refractivity (Wildman–Crippen MR) is 164 cm³/mol. The van der Waals surface area contributed by atoms with Crippen LogP contribution in [0.25, 0.3) is 11.1 Å². The maximum atomic E-state index is 11.6. The fourth-order valence-electron chi connectivity index (χ4n) is 6.40. The number of methoxy groups -OCH3 is 1. The maximum Gasteiger partial charge on any atom is 0.305 e. The zero-order chi connectivity index (χ0) is 28.6. The van der Waals surface area contributed by atoms with Crippen LogP contribution in [0, 0.1) is 6.92 Å². The smallest absolute Gasteiger partial charge is 0.305 e. The summed E-state index contributed by atoms with van der Waals surface area (Å²) >= 11 is 0. The van der Waals surface area contributed by atoms with Crippen LogP contribution in [0.2, 0.25) is 0 Å². The minimum atomic E-state index is -0.162. The Balaban J connectivity index is 1.38. The van der Waals surface area contributed by atoms with Gasteiger partial charge in [-0.05, 0) is 98.7 Å². The minimum absolute atomic E-state index is 0.162. The number of hydrogen-bond donors (Lipinski definition) is 0. The second-order valence-electron chi connectivity index (χ2n) is 11.6. The molecule has 1 aliphatic carbocycles. The molecule has 0 bridgehead atoms. The monoisotopic (exact) mass is 555 g/mol. The molecule has 3 aromatic carbocycles. The summed E-state index contributed by atoms with van der Waals surface area (Å²) in [6.07, 6.45) is 9.12. The molecule has 2 aliphatic rings. The molecule has 0 spiro atoms. The first-order valence-electron chi connectivity index (χ1n) is 15.4. The van der Waals surface area contributed by atoms with Gasteiger partial charge in [-0.2, -0.15) is 0 Å². The van der Waals surface area contributed by atoms with E-state index >= 15 is 0 Å². The van der Waals surface area contributed by atoms with E-state index in [0.29, 0.717) is 25.7 Å². The van der Waals surface area contributed by atoms with Gasteiger partial charge in [-0.25, -0.2) is 0 Å². The molecule has 3 aromatic rings. The summed E-state index contributed by atoms with van der Waals surface area (Å²) in [5.41, 5.74) is 9.07. The molecule has 0 saturated carbocycles. The Morgan fingerprint density at radius 2 is 1.76 bits per heavy atom. The van der Waals surface area contributed by atoms with Crippen molar-refractivity contribution in [2.45, 2.75) is 90.8 Å². The van der Waals surface area contributed by atoms with E-state index in [9.17, 15) is 4.79 Å². The highest BCUT2D eigenvalue weighted by atomic mass is 16.5. The lowest BCUT2D eigenvalue weighted by molar-refractivity contribution is -0.140. The Hall–Kier alpha value is -3.31. The average Bonchev–Trinajstić information content (AvgIpc) is 3.49. The van der Waals surface area contributed by atoms with Crippen molar-refractivity contribution in [3.63, 3.8) is 0 Å². The second kappa shape index (κ2) is 14.0. The summed E-state index contributed by atoms with van der Waals surface area (Å²) in [6, 6.07) is 19.8. The number of esters is 1. The number of ether oxygens (including phenoxy) is 3. The number of carbonyl (C=O) groups excluding carboxylic acids is 1. The number of likely N-dealkylation sites (tertiary alicyclic amines) is 1. The third-order valence-electron chi connectivity index (χ3n) is 8.92. The number of rotatable bonds is 12. The number of hydrogen-bond acceptors (Lipinski definition) is 5. The number of unbranched alkanes of at least 4 members (excludes halogenated alkanes) is 1. The Bertz CT molecular complexity index is 1320. The molecule has 0 amide bonds. The Labute approximate surface area is 245 Å². The van der Waals surface area contributed by atoms with Gasteiger partial charge in [-0.15, -0.1) is 0 Å². The predicted octanol–water partition coefficient (Wildman–Crippen LogP) is 7.83. The van der Waals surface area contributed by atoms with Gasteiger partial charge < -0.3 is 14.2 Å². The fraction of sp³-hybridized carbons (Fsp3) is 0.472. The van der Waals surface area contributed by atoms with Crippen molar-refractivity contribution >= 4 is 5.97 Å². The summed E-state index contributed by atoms with van der Waals surface area (Å²) in [6.45, 7) is 7.73. The fourth-order valence-corrected chi connectivity index (χ4v) is 6.40. The molecule has 5 rings (SSSR count). The summed E-state index contributed by atoms with van der Waals surface area (Å²) in [7, 11) is 1.44. The molecule has 1 fully saturated rings. The average molecular weight is 556 g/mol. The van der Waals surface area contributed by atoms with Crippen LogP contribution in [0.4, 0.5) is 0 Å². The molecule has 1 aliphatic heterocycles. The Morgan fingerprint density at radius 1 is 0.927 bits per heavy atom. The molecule has 1 heterocycles. The first-order chi connectivity index (χ1) is 20.0. The minimum Gasteiger partial charge on any atom is -0.493 e. The largest absolute Gasteiger partial charge is 0.493 e. The number of fused-ring (bicyclic) bond motifs is 1. The molecule has 5 nitrogen and oxygen atoms in total. The van der Waals surface area contributed by atoms with Crippen molar-refractivity contribution in [1.29, 1.82) is 0 Å². The van der Waals surface area contributed by atoms with Crippen LogP contribution in [-0.2, 0) is 35.5 Å². The molecule has 0 unspecified atom stereocenters. The third kappa shape index (κ3) is 7.13. The van der Waals surface area contributed by atoms with Gasteiger partial charge in [0.15, 0.2) is 0 Å². The quantitative estimate of drug-likeness (QED) is 0.168. The highest BCUT2D eigenvalue weighted by Gasteiger charge is 2.27. The summed E-state index contributed by atoms with van der Waals surface area (Å²) in [4.78, 5) is 14.2. The molecule has 5 heteroatoms. The van der Waals surface area contributed by atoms with E-state index in [1.54, 1.807) is 0 Å². The SMILES string of the molecule is COC(=O)CCCCOc1cc(OCc2cccc(-c3ccccc3)c2C)c2c(c1CN1CCCC[C@H]1C)CCC2. The number of piperidine rings is 1. The van der Waals surface area contributed by atoms with E-state index in [1.165, 1.54) is 65.3 Å². The van der Waals surface area contributed by atoms with E-state index in [2.05, 4.69) is 73.3 Å². The topological polar surface area (TPSA) is 48.0 Å². The molecule has 0 aromatic heterocycles. The normalized spacial score (nSPS) is 16.8. The van der Waals surface area contributed by atoms with Crippen molar-refractivity contribution in [2.75, 3.05) is 20.3 Å². The van der Waals surface area contributed by atoms with Crippen LogP contribution < -0.4 is 9.47 Å². The second-order valence-corrected chi connectivity index (χ2v) is 11.6. The standard InChI is InChI=1S/C36H45NO4/c1-26-13-7-9-21-37(26)24-33-31-18-12-19-32(31)34(23-35(33)40-22-10-8-20-36(38)39-3)41-25-29-16-11-17-30(27(29)2)28-14-5-4-6-15-28/h4-6,11,14-17,23,26H,7-10,12-13,18-22,24-25H2,1-3H3/t26-/m1/s1. The zero-order valence-corrected chi connectivity index (χ0v) is 25.0. The van der Waals surface area contributed by atoms with Gasteiger partial charge in [-0.1, -0.05) is 55.0 Å². The Kier molecular flexibility index (Phi) is 10.00. The van der Waals surface area contributed by atoms with Crippen LogP contribution in [0.1, 0.15) is 79.7 Å². The van der Waals surface area contributed by atoms with E-state index in [0.717, 1.165) is 56.7 Å². The third-order valence-corrected chi connectivity index (χ3v) is 8.92. The van der Waals surface area contributed by atoms with Crippen molar-refractivity contribution in [3.8, 4) is 22.6 Å². The summed E-state index contributed by atoms with van der Waals surface area (Å²) < 4.78 is 17.9. The van der Waals surface area contributed by atoms with Crippen LogP contribution >= 0.6 is 0 Å². The van der Waals surface area contributed by atoms with Gasteiger partial charge in [0.2, 0.25) is 0 Å². The molecular weight excluding hydrogens is 510 g/mol. The van der Waals surface area contributed by atoms with Gasteiger partial charge >= 0.3 is 5.97 Å². The first kappa shape index (κ1) is 29.2. The van der Waals surface area contributed by atoms with Crippen molar-refractivity contribution < 1.29 is 19.0 Å². The lowest BCUT2D eigenvalue weighted by atomic mass is 9.96. The van der Waals surface area contributed by atoms with Gasteiger partial charge in [-0.3, -0.25) is 9.69 Å². The van der Waals surface area contributed by atoms with Gasteiger partial charge in [0.25, 0.3) is 0 Å². The molecular formula is C36H45NO4.